The summed E-state index contributed by atoms with van der Waals surface area (Å²) in [5.41, 5.74) is 1.93. The molecule has 1 fully saturated rings. The smallest absolute Gasteiger partial charge is 0.253 e. The van der Waals surface area contributed by atoms with E-state index < -0.39 is 0 Å². The van der Waals surface area contributed by atoms with Gasteiger partial charge in [0.25, 0.3) is 5.91 Å². The third-order valence-corrected chi connectivity index (χ3v) is 4.88. The Balaban J connectivity index is 1.61. The monoisotopic (exact) mass is 344 g/mol. The van der Waals surface area contributed by atoms with Crippen molar-refractivity contribution in [2.75, 3.05) is 53.5 Å². The Morgan fingerprint density at radius 2 is 1.92 bits per heavy atom. The second kappa shape index (κ2) is 8.36. The molecule has 0 bridgehead atoms. The topological polar surface area (TPSA) is 48.1 Å². The molecule has 25 heavy (non-hydrogen) atoms. The van der Waals surface area contributed by atoms with Crippen molar-refractivity contribution >= 4 is 5.91 Å². The fourth-order valence-corrected chi connectivity index (χ4v) is 3.29. The molecule has 2 heterocycles. The number of hydrogen-bond donors (Lipinski definition) is 1. The normalized spacial score (nSPS) is 20.8. The van der Waals surface area contributed by atoms with Crippen molar-refractivity contribution in [2.24, 2.45) is 0 Å². The summed E-state index contributed by atoms with van der Waals surface area (Å²) in [5, 5.41) is 3.37. The first-order valence-electron chi connectivity index (χ1n) is 8.94. The summed E-state index contributed by atoms with van der Waals surface area (Å²) in [5.74, 6) is 0.133. The van der Waals surface area contributed by atoms with Gasteiger partial charge in [-0.05, 0) is 31.2 Å². The van der Waals surface area contributed by atoms with Gasteiger partial charge in [-0.2, -0.15) is 0 Å². The zero-order valence-electron chi connectivity index (χ0n) is 15.1. The number of ether oxygens (including phenoxy) is 1. The predicted molar refractivity (Wildman–Crippen MR) is 98.1 cm³/mol. The molecule has 6 nitrogen and oxygen atoms in total. The highest BCUT2D eigenvalue weighted by Gasteiger charge is 2.22. The van der Waals surface area contributed by atoms with Gasteiger partial charge in [-0.15, -0.1) is 0 Å². The number of nitrogens with one attached hydrogen (secondary N) is 1. The summed E-state index contributed by atoms with van der Waals surface area (Å²) < 4.78 is 5.13. The molecule has 1 atom stereocenters. The SMILES string of the molecule is COCCCN1C=CNC1c1ccc(C(=O)N2CCN(C)CC2)cc1. The summed E-state index contributed by atoms with van der Waals surface area (Å²) in [6.07, 6.45) is 5.16. The first kappa shape index (κ1) is 17.8. The van der Waals surface area contributed by atoms with Crippen LogP contribution >= 0.6 is 0 Å². The Morgan fingerprint density at radius 3 is 2.60 bits per heavy atom. The molecule has 0 spiro atoms. The molecule has 2 aliphatic rings. The lowest BCUT2D eigenvalue weighted by atomic mass is 10.1. The van der Waals surface area contributed by atoms with Gasteiger partial charge in [0.1, 0.15) is 6.17 Å². The average molecular weight is 344 g/mol. The van der Waals surface area contributed by atoms with Crippen LogP contribution in [0.25, 0.3) is 0 Å². The number of likely N-dealkylation sites (N-methyl/N-ethyl adjacent to an activating group) is 1. The Morgan fingerprint density at radius 1 is 1.20 bits per heavy atom. The van der Waals surface area contributed by atoms with E-state index in [9.17, 15) is 4.79 Å². The zero-order valence-corrected chi connectivity index (χ0v) is 15.1. The molecule has 1 unspecified atom stereocenters. The van der Waals surface area contributed by atoms with Gasteiger partial charge >= 0.3 is 0 Å². The quantitative estimate of drug-likeness (QED) is 0.793. The Kier molecular flexibility index (Phi) is 5.94. The average Bonchev–Trinajstić information content (AvgIpc) is 3.11. The summed E-state index contributed by atoms with van der Waals surface area (Å²) in [6.45, 7) is 5.19. The lowest BCUT2D eigenvalue weighted by Gasteiger charge is -2.32. The fraction of sp³-hybridized carbons (Fsp3) is 0.526. The second-order valence-corrected chi connectivity index (χ2v) is 6.69. The van der Waals surface area contributed by atoms with Crippen LogP contribution in [0.1, 0.15) is 28.5 Å². The molecule has 1 aromatic carbocycles. The summed E-state index contributed by atoms with van der Waals surface area (Å²) in [6, 6.07) is 8.00. The highest BCUT2D eigenvalue weighted by molar-refractivity contribution is 5.94. The van der Waals surface area contributed by atoms with Gasteiger partial charge in [0.2, 0.25) is 0 Å². The van der Waals surface area contributed by atoms with Gasteiger partial charge < -0.3 is 24.8 Å². The van der Waals surface area contributed by atoms with Crippen molar-refractivity contribution in [3.63, 3.8) is 0 Å². The van der Waals surface area contributed by atoms with Crippen LogP contribution < -0.4 is 5.32 Å². The van der Waals surface area contributed by atoms with Crippen LogP contribution in [-0.4, -0.2) is 74.1 Å². The molecule has 1 amide bonds. The maximum Gasteiger partial charge on any atom is 0.253 e. The van der Waals surface area contributed by atoms with Crippen LogP contribution in [0.3, 0.4) is 0 Å². The maximum atomic E-state index is 12.6. The number of carbonyl (C=O) groups is 1. The van der Waals surface area contributed by atoms with E-state index in [1.54, 1.807) is 7.11 Å². The van der Waals surface area contributed by atoms with Crippen molar-refractivity contribution in [1.82, 2.24) is 20.0 Å². The minimum Gasteiger partial charge on any atom is -0.385 e. The van der Waals surface area contributed by atoms with E-state index in [0.29, 0.717) is 0 Å². The fourth-order valence-electron chi connectivity index (χ4n) is 3.29. The molecule has 0 radical (unpaired) electrons. The van der Waals surface area contributed by atoms with E-state index in [-0.39, 0.29) is 12.1 Å². The number of benzene rings is 1. The Hall–Kier alpha value is -2.05. The van der Waals surface area contributed by atoms with Crippen LogP contribution in [-0.2, 0) is 4.74 Å². The highest BCUT2D eigenvalue weighted by Crippen LogP contribution is 2.23. The third-order valence-electron chi connectivity index (χ3n) is 4.88. The molecule has 1 saturated heterocycles. The first-order chi connectivity index (χ1) is 12.2. The third kappa shape index (κ3) is 4.32. The lowest BCUT2D eigenvalue weighted by Crippen LogP contribution is -2.47. The van der Waals surface area contributed by atoms with Crippen molar-refractivity contribution in [3.05, 3.63) is 47.8 Å². The molecule has 6 heteroatoms. The second-order valence-electron chi connectivity index (χ2n) is 6.69. The van der Waals surface area contributed by atoms with Crippen LogP contribution in [0.15, 0.2) is 36.7 Å². The number of amides is 1. The van der Waals surface area contributed by atoms with Gasteiger partial charge in [-0.25, -0.2) is 0 Å². The number of piperazine rings is 1. The number of hydrogen-bond acceptors (Lipinski definition) is 5. The lowest BCUT2D eigenvalue weighted by molar-refractivity contribution is 0.0664. The number of rotatable bonds is 6. The van der Waals surface area contributed by atoms with Crippen LogP contribution in [0, 0.1) is 0 Å². The molecule has 0 aliphatic carbocycles. The standard InChI is InChI=1S/C19H28N4O2/c1-21-11-13-23(14-12-21)19(24)17-6-4-16(5-7-17)18-20-8-10-22(18)9-3-15-25-2/h4-8,10,18,20H,3,9,11-15H2,1-2H3. The van der Waals surface area contributed by atoms with E-state index in [0.717, 1.165) is 56.9 Å². The highest BCUT2D eigenvalue weighted by atomic mass is 16.5. The van der Waals surface area contributed by atoms with Gasteiger partial charge in [0.15, 0.2) is 0 Å². The van der Waals surface area contributed by atoms with E-state index in [1.807, 2.05) is 23.2 Å². The molecule has 3 rings (SSSR count). The molecule has 2 aliphatic heterocycles. The van der Waals surface area contributed by atoms with Gasteiger partial charge in [0, 0.05) is 64.4 Å². The van der Waals surface area contributed by atoms with E-state index in [1.165, 1.54) is 0 Å². The van der Waals surface area contributed by atoms with E-state index >= 15 is 0 Å². The number of nitrogens with zero attached hydrogens (tertiary/aromatic N) is 3. The number of methoxy groups -OCH3 is 1. The Labute approximate surface area is 150 Å². The minimum atomic E-state index is 0.129. The van der Waals surface area contributed by atoms with Crippen molar-refractivity contribution in [2.45, 2.75) is 12.6 Å². The largest absolute Gasteiger partial charge is 0.385 e. The van der Waals surface area contributed by atoms with Gasteiger partial charge in [-0.1, -0.05) is 12.1 Å². The zero-order chi connectivity index (χ0) is 17.6. The molecule has 0 aromatic heterocycles. The number of carbonyl (C=O) groups excluding carboxylic acids is 1. The molecule has 0 saturated carbocycles. The maximum absolute atomic E-state index is 12.6. The summed E-state index contributed by atoms with van der Waals surface area (Å²) >= 11 is 0. The predicted octanol–water partition coefficient (Wildman–Crippen LogP) is 1.49. The Bertz CT molecular complexity index is 594. The van der Waals surface area contributed by atoms with E-state index in [4.69, 9.17) is 4.74 Å². The van der Waals surface area contributed by atoms with E-state index in [2.05, 4.69) is 40.5 Å². The summed E-state index contributed by atoms with van der Waals surface area (Å²) in [4.78, 5) is 19.1. The van der Waals surface area contributed by atoms with Crippen LogP contribution in [0.4, 0.5) is 0 Å². The molecular formula is C19H28N4O2. The molecule has 1 aromatic rings. The molecular weight excluding hydrogens is 316 g/mol. The summed E-state index contributed by atoms with van der Waals surface area (Å²) in [7, 11) is 3.82. The minimum absolute atomic E-state index is 0.129. The van der Waals surface area contributed by atoms with Crippen molar-refractivity contribution in [1.29, 1.82) is 0 Å². The van der Waals surface area contributed by atoms with Crippen LogP contribution in [0.2, 0.25) is 0 Å². The van der Waals surface area contributed by atoms with Gasteiger partial charge in [0.05, 0.1) is 0 Å². The van der Waals surface area contributed by atoms with Gasteiger partial charge in [-0.3, -0.25) is 4.79 Å². The van der Waals surface area contributed by atoms with Crippen LogP contribution in [0.5, 0.6) is 0 Å². The molecule has 1 N–H and O–H groups in total. The molecule has 136 valence electrons. The first-order valence-corrected chi connectivity index (χ1v) is 8.94. The van der Waals surface area contributed by atoms with Crippen molar-refractivity contribution < 1.29 is 9.53 Å². The van der Waals surface area contributed by atoms with Crippen molar-refractivity contribution in [3.8, 4) is 0 Å².